The minimum Gasteiger partial charge on any atom is -0.461 e. The molecule has 0 saturated heterocycles. The van der Waals surface area contributed by atoms with Crippen molar-refractivity contribution in [1.82, 2.24) is 9.55 Å². The number of hydrogen-bond donors (Lipinski definition) is 0. The Morgan fingerprint density at radius 1 is 1.29 bits per heavy atom. The second-order valence-electron chi connectivity index (χ2n) is 5.45. The van der Waals surface area contributed by atoms with E-state index in [1.54, 1.807) is 32.0 Å². The van der Waals surface area contributed by atoms with Crippen molar-refractivity contribution in [3.63, 3.8) is 0 Å². The van der Waals surface area contributed by atoms with Gasteiger partial charge in [0.25, 0.3) is 0 Å². The third kappa shape index (κ3) is 3.77. The van der Waals surface area contributed by atoms with E-state index in [0.29, 0.717) is 5.69 Å². The molecule has 0 amide bonds. The quantitative estimate of drug-likeness (QED) is 0.778. The van der Waals surface area contributed by atoms with Gasteiger partial charge in [0.2, 0.25) is 0 Å². The number of benzene rings is 1. The normalized spacial score (nSPS) is 12.9. The summed E-state index contributed by atoms with van der Waals surface area (Å²) in [7, 11) is 1.53. The van der Waals surface area contributed by atoms with Crippen molar-refractivity contribution in [2.24, 2.45) is 7.05 Å². The van der Waals surface area contributed by atoms with Crippen LogP contribution in [0.25, 0.3) is 0 Å². The molecule has 0 saturated carbocycles. The summed E-state index contributed by atoms with van der Waals surface area (Å²) in [5.74, 6) is -2.07. The molecule has 2 aromatic rings. The fourth-order valence-corrected chi connectivity index (χ4v) is 2.65. The van der Waals surface area contributed by atoms with Gasteiger partial charge in [-0.05, 0) is 19.4 Å². The van der Waals surface area contributed by atoms with E-state index in [0.717, 1.165) is 0 Å². The second-order valence-corrected chi connectivity index (χ2v) is 5.45. The summed E-state index contributed by atoms with van der Waals surface area (Å²) in [5.41, 5.74) is 0.712. The van der Waals surface area contributed by atoms with Gasteiger partial charge in [-0.2, -0.15) is 13.2 Å². The Morgan fingerprint density at radius 3 is 2.46 bits per heavy atom. The summed E-state index contributed by atoms with van der Waals surface area (Å²) in [6.45, 7) is 3.44. The summed E-state index contributed by atoms with van der Waals surface area (Å²) < 4.78 is 46.8. The molecule has 0 bridgehead atoms. The number of alkyl halides is 3. The highest BCUT2D eigenvalue weighted by molar-refractivity contribution is 5.88. The first-order valence-corrected chi connectivity index (χ1v) is 7.56. The van der Waals surface area contributed by atoms with E-state index >= 15 is 0 Å². The maximum atomic E-state index is 13.5. The topological polar surface area (TPSA) is 44.1 Å². The van der Waals surface area contributed by atoms with Crippen LogP contribution in [0, 0.1) is 6.92 Å². The number of aromatic nitrogens is 2. The molecule has 7 heteroatoms. The molecular formula is C17H19F3N2O2. The molecule has 1 atom stereocenters. The third-order valence-electron chi connectivity index (χ3n) is 3.81. The zero-order valence-corrected chi connectivity index (χ0v) is 13.7. The van der Waals surface area contributed by atoms with Crippen molar-refractivity contribution in [2.45, 2.75) is 32.4 Å². The van der Waals surface area contributed by atoms with Gasteiger partial charge in [-0.3, -0.25) is 0 Å². The number of halogens is 3. The Labute approximate surface area is 138 Å². The van der Waals surface area contributed by atoms with Gasteiger partial charge in [-0.25, -0.2) is 9.78 Å². The maximum Gasteiger partial charge on any atom is 0.396 e. The lowest BCUT2D eigenvalue weighted by atomic mass is 9.95. The van der Waals surface area contributed by atoms with Gasteiger partial charge in [-0.15, -0.1) is 0 Å². The molecular weight excluding hydrogens is 321 g/mol. The van der Waals surface area contributed by atoms with Gasteiger partial charge in [0.1, 0.15) is 11.5 Å². The number of ether oxygens (including phenoxy) is 1. The Bertz CT molecular complexity index is 709. The van der Waals surface area contributed by atoms with E-state index in [9.17, 15) is 18.0 Å². The SMILES string of the molecule is CCOC(=O)c1c(C)nc(CC(c2ccccc2)C(F)(F)F)n1C. The molecule has 0 fully saturated rings. The number of carbonyl (C=O) groups excluding carboxylic acids is 1. The first kappa shape index (κ1) is 18.0. The number of carbonyl (C=O) groups is 1. The van der Waals surface area contributed by atoms with Crippen molar-refractivity contribution in [2.75, 3.05) is 6.61 Å². The van der Waals surface area contributed by atoms with Crippen molar-refractivity contribution in [3.8, 4) is 0 Å². The van der Waals surface area contributed by atoms with Crippen LogP contribution in [-0.2, 0) is 18.2 Å². The standard InChI is InChI=1S/C17H19F3N2O2/c1-4-24-16(23)15-11(2)21-14(22(15)3)10-13(17(18,19)20)12-8-6-5-7-9-12/h5-9,13H,4,10H2,1-3H3. The van der Waals surface area contributed by atoms with Crippen LogP contribution in [0.2, 0.25) is 0 Å². The van der Waals surface area contributed by atoms with Gasteiger partial charge in [0.05, 0.1) is 18.2 Å². The maximum absolute atomic E-state index is 13.5. The molecule has 24 heavy (non-hydrogen) atoms. The number of hydrogen-bond acceptors (Lipinski definition) is 3. The molecule has 2 rings (SSSR count). The number of esters is 1. The average molecular weight is 340 g/mol. The predicted octanol–water partition coefficient (Wildman–Crippen LogP) is 3.79. The van der Waals surface area contributed by atoms with Crippen LogP contribution < -0.4 is 0 Å². The summed E-state index contributed by atoms with van der Waals surface area (Å²) in [5, 5.41) is 0. The molecule has 0 aliphatic carbocycles. The molecule has 1 aromatic heterocycles. The van der Waals surface area contributed by atoms with Crippen LogP contribution >= 0.6 is 0 Å². The summed E-state index contributed by atoms with van der Waals surface area (Å²) in [6.07, 6.45) is -4.75. The van der Waals surface area contributed by atoms with Crippen LogP contribution in [0.15, 0.2) is 30.3 Å². The summed E-state index contributed by atoms with van der Waals surface area (Å²) in [4.78, 5) is 16.1. The van der Waals surface area contributed by atoms with Gasteiger partial charge in [0, 0.05) is 13.5 Å². The zero-order valence-electron chi connectivity index (χ0n) is 13.7. The molecule has 1 unspecified atom stereocenters. The minimum absolute atomic E-state index is 0.170. The fourth-order valence-electron chi connectivity index (χ4n) is 2.65. The average Bonchev–Trinajstić information content (AvgIpc) is 2.79. The Kier molecular flexibility index (Phi) is 5.31. The first-order valence-electron chi connectivity index (χ1n) is 7.56. The van der Waals surface area contributed by atoms with E-state index in [2.05, 4.69) is 4.98 Å². The lowest BCUT2D eigenvalue weighted by Crippen LogP contribution is -2.24. The van der Waals surface area contributed by atoms with Crippen molar-refractivity contribution in [1.29, 1.82) is 0 Å². The van der Waals surface area contributed by atoms with E-state index < -0.39 is 18.1 Å². The minimum atomic E-state index is -4.41. The monoisotopic (exact) mass is 340 g/mol. The van der Waals surface area contributed by atoms with Crippen LogP contribution in [0.5, 0.6) is 0 Å². The molecule has 0 aliphatic heterocycles. The molecule has 0 aliphatic rings. The Hall–Kier alpha value is -2.31. The first-order chi connectivity index (χ1) is 11.3. The highest BCUT2D eigenvalue weighted by atomic mass is 19.4. The lowest BCUT2D eigenvalue weighted by Gasteiger charge is -2.20. The smallest absolute Gasteiger partial charge is 0.396 e. The van der Waals surface area contributed by atoms with Gasteiger partial charge >= 0.3 is 12.1 Å². The van der Waals surface area contributed by atoms with Crippen molar-refractivity contribution < 1.29 is 22.7 Å². The Balaban J connectivity index is 2.38. The molecule has 0 spiro atoms. The van der Waals surface area contributed by atoms with Crippen LogP contribution in [-0.4, -0.2) is 28.3 Å². The number of imidazole rings is 1. The molecule has 0 radical (unpaired) electrons. The molecule has 0 N–H and O–H groups in total. The molecule has 4 nitrogen and oxygen atoms in total. The second kappa shape index (κ2) is 7.07. The Morgan fingerprint density at radius 2 is 1.92 bits per heavy atom. The third-order valence-corrected chi connectivity index (χ3v) is 3.81. The predicted molar refractivity (Wildman–Crippen MR) is 82.8 cm³/mol. The van der Waals surface area contributed by atoms with E-state index in [4.69, 9.17) is 4.74 Å². The number of aryl methyl sites for hydroxylation is 1. The number of rotatable bonds is 5. The van der Waals surface area contributed by atoms with Crippen LogP contribution in [0.1, 0.15) is 40.4 Å². The van der Waals surface area contributed by atoms with Crippen LogP contribution in [0.4, 0.5) is 13.2 Å². The van der Waals surface area contributed by atoms with E-state index in [-0.39, 0.29) is 30.1 Å². The molecule has 1 aromatic carbocycles. The van der Waals surface area contributed by atoms with Crippen molar-refractivity contribution in [3.05, 3.63) is 53.1 Å². The summed E-state index contributed by atoms with van der Waals surface area (Å²) in [6, 6.07) is 7.70. The fraction of sp³-hybridized carbons (Fsp3) is 0.412. The highest BCUT2D eigenvalue weighted by Crippen LogP contribution is 2.37. The highest BCUT2D eigenvalue weighted by Gasteiger charge is 2.41. The van der Waals surface area contributed by atoms with Crippen molar-refractivity contribution >= 4 is 5.97 Å². The number of nitrogens with zero attached hydrogens (tertiary/aromatic N) is 2. The lowest BCUT2D eigenvalue weighted by molar-refractivity contribution is -0.150. The molecule has 1 heterocycles. The van der Waals surface area contributed by atoms with Gasteiger partial charge in [-0.1, -0.05) is 30.3 Å². The van der Waals surface area contributed by atoms with E-state index in [1.165, 1.54) is 23.7 Å². The van der Waals surface area contributed by atoms with Gasteiger partial charge < -0.3 is 9.30 Å². The van der Waals surface area contributed by atoms with Crippen LogP contribution in [0.3, 0.4) is 0 Å². The van der Waals surface area contributed by atoms with Gasteiger partial charge in [0.15, 0.2) is 0 Å². The summed E-state index contributed by atoms with van der Waals surface area (Å²) >= 11 is 0. The van der Waals surface area contributed by atoms with E-state index in [1.807, 2.05) is 0 Å². The largest absolute Gasteiger partial charge is 0.461 e. The molecule has 130 valence electrons. The zero-order chi connectivity index (χ0) is 17.9.